The van der Waals surface area contributed by atoms with E-state index in [9.17, 15) is 23.1 Å². The number of carbonyl (C=O) groups is 2. The third-order valence-electron chi connectivity index (χ3n) is 5.01. The highest BCUT2D eigenvalue weighted by Crippen LogP contribution is 2.28. The van der Waals surface area contributed by atoms with Crippen LogP contribution in [0.5, 0.6) is 0 Å². The highest BCUT2D eigenvalue weighted by Gasteiger charge is 2.34. The Morgan fingerprint density at radius 1 is 1.28 bits per heavy atom. The lowest BCUT2D eigenvalue weighted by atomic mass is 9.96. The first-order valence-corrected chi connectivity index (χ1v) is 11.6. The maximum absolute atomic E-state index is 13.0. The molecule has 9 nitrogen and oxygen atoms in total. The number of nitrogens with one attached hydrogen (secondary N) is 1. The van der Waals surface area contributed by atoms with Crippen LogP contribution in [-0.2, 0) is 19.6 Å². The molecule has 158 valence electrons. The van der Waals surface area contributed by atoms with Crippen LogP contribution in [0.3, 0.4) is 0 Å². The molecule has 2 heterocycles. The monoisotopic (exact) mass is 440 g/mol. The minimum absolute atomic E-state index is 0.120. The number of fused-ring (bicyclic) bond motifs is 1. The van der Waals surface area contributed by atoms with Crippen molar-refractivity contribution in [3.05, 3.63) is 18.2 Å². The van der Waals surface area contributed by atoms with Crippen molar-refractivity contribution in [2.45, 2.75) is 44.0 Å². The van der Waals surface area contributed by atoms with Crippen LogP contribution in [0.25, 0.3) is 11.0 Å². The Balaban J connectivity index is 1.66. The van der Waals surface area contributed by atoms with E-state index in [1.807, 2.05) is 13.8 Å². The number of piperidine rings is 1. The second-order valence-corrected chi connectivity index (χ2v) is 10.0. The molecule has 1 fully saturated rings. The number of benzene rings is 1. The number of nitrogens with zero attached hydrogens (tertiary/aromatic N) is 3. The van der Waals surface area contributed by atoms with Crippen LogP contribution < -0.4 is 5.32 Å². The van der Waals surface area contributed by atoms with Gasteiger partial charge in [0.05, 0.1) is 11.7 Å². The van der Waals surface area contributed by atoms with E-state index in [1.165, 1.54) is 10.4 Å². The largest absolute Gasteiger partial charge is 0.480 e. The second kappa shape index (κ2) is 8.72. The molecule has 0 saturated carbocycles. The van der Waals surface area contributed by atoms with Gasteiger partial charge in [0.1, 0.15) is 22.0 Å². The smallest absolute Gasteiger partial charge is 0.326 e. The molecule has 1 aliphatic rings. The minimum Gasteiger partial charge on any atom is -0.480 e. The van der Waals surface area contributed by atoms with Gasteiger partial charge in [-0.3, -0.25) is 4.79 Å². The Kier molecular flexibility index (Phi) is 6.49. The fourth-order valence-corrected chi connectivity index (χ4v) is 5.69. The number of aliphatic carboxylic acids is 1. The molecule has 3 rings (SSSR count). The van der Waals surface area contributed by atoms with Gasteiger partial charge in [0.15, 0.2) is 0 Å². The van der Waals surface area contributed by atoms with Gasteiger partial charge >= 0.3 is 5.97 Å². The second-order valence-electron chi connectivity index (χ2n) is 7.60. The summed E-state index contributed by atoms with van der Waals surface area (Å²) >= 11 is 0.962. The first-order valence-electron chi connectivity index (χ1n) is 9.44. The topological polar surface area (TPSA) is 130 Å². The third-order valence-corrected chi connectivity index (χ3v) is 7.49. The molecule has 1 aromatic carbocycles. The van der Waals surface area contributed by atoms with Gasteiger partial charge < -0.3 is 10.4 Å². The molecule has 0 bridgehead atoms. The van der Waals surface area contributed by atoms with Crippen LogP contribution in [-0.4, -0.2) is 57.6 Å². The molecule has 2 N–H and O–H groups in total. The van der Waals surface area contributed by atoms with Crippen LogP contribution in [0.2, 0.25) is 0 Å². The number of rotatable bonds is 7. The summed E-state index contributed by atoms with van der Waals surface area (Å²) < 4.78 is 35.6. The van der Waals surface area contributed by atoms with E-state index in [0.29, 0.717) is 30.3 Å². The summed E-state index contributed by atoms with van der Waals surface area (Å²) in [5.41, 5.74) is 0.894. The van der Waals surface area contributed by atoms with Crippen molar-refractivity contribution in [2.24, 2.45) is 11.8 Å². The van der Waals surface area contributed by atoms with Crippen LogP contribution in [0.1, 0.15) is 33.1 Å². The van der Waals surface area contributed by atoms with Gasteiger partial charge in [-0.2, -0.15) is 13.1 Å². The van der Waals surface area contributed by atoms with Crippen molar-refractivity contribution in [2.75, 3.05) is 13.1 Å². The van der Waals surface area contributed by atoms with E-state index in [0.717, 1.165) is 11.7 Å². The predicted molar refractivity (Wildman–Crippen MR) is 108 cm³/mol. The SMILES string of the molecule is CC(C)CC(NC(=O)C1CCN(S(=O)(=O)c2cccc3nsnc23)CC1)C(=O)O. The van der Waals surface area contributed by atoms with Crippen LogP contribution in [0.4, 0.5) is 0 Å². The third kappa shape index (κ3) is 4.73. The number of carboxylic acids is 1. The Morgan fingerprint density at radius 3 is 2.59 bits per heavy atom. The van der Waals surface area contributed by atoms with Gasteiger partial charge in [0, 0.05) is 19.0 Å². The van der Waals surface area contributed by atoms with E-state index in [4.69, 9.17) is 0 Å². The molecule has 2 aromatic rings. The first kappa shape index (κ1) is 21.6. The average molecular weight is 441 g/mol. The maximum Gasteiger partial charge on any atom is 0.326 e. The fraction of sp³-hybridized carbons (Fsp3) is 0.556. The standard InChI is InChI=1S/C18H24N4O5S2/c1-11(2)10-14(18(24)25)19-17(23)12-6-8-22(9-7-12)29(26,27)15-5-3-4-13-16(15)21-28-20-13/h3-5,11-12,14H,6-10H2,1-2H3,(H,19,23)(H,24,25). The zero-order chi connectivity index (χ0) is 21.2. The lowest BCUT2D eigenvalue weighted by molar-refractivity contribution is -0.143. The number of hydrogen-bond acceptors (Lipinski definition) is 7. The summed E-state index contributed by atoms with van der Waals surface area (Å²) in [7, 11) is -3.75. The minimum atomic E-state index is -3.75. The van der Waals surface area contributed by atoms with Crippen molar-refractivity contribution in [3.8, 4) is 0 Å². The number of carbonyl (C=O) groups excluding carboxylic acids is 1. The van der Waals surface area contributed by atoms with Gasteiger partial charge in [0.25, 0.3) is 0 Å². The molecule has 1 aliphatic heterocycles. The number of sulfonamides is 1. The van der Waals surface area contributed by atoms with Gasteiger partial charge in [-0.1, -0.05) is 19.9 Å². The van der Waals surface area contributed by atoms with Crippen molar-refractivity contribution in [1.82, 2.24) is 18.4 Å². The fourth-order valence-electron chi connectivity index (χ4n) is 3.47. The van der Waals surface area contributed by atoms with Gasteiger partial charge in [-0.25, -0.2) is 13.2 Å². The van der Waals surface area contributed by atoms with E-state index < -0.39 is 28.0 Å². The molecule has 0 spiro atoms. The molecule has 1 amide bonds. The zero-order valence-corrected chi connectivity index (χ0v) is 17.9. The van der Waals surface area contributed by atoms with Crippen LogP contribution >= 0.6 is 11.7 Å². The summed E-state index contributed by atoms with van der Waals surface area (Å²) in [4.78, 5) is 24.0. The van der Waals surface area contributed by atoms with E-state index in [1.54, 1.807) is 12.1 Å². The number of hydrogen-bond donors (Lipinski definition) is 2. The van der Waals surface area contributed by atoms with E-state index in [-0.39, 0.29) is 29.8 Å². The molecule has 1 unspecified atom stereocenters. The van der Waals surface area contributed by atoms with Crippen molar-refractivity contribution in [3.63, 3.8) is 0 Å². The highest BCUT2D eigenvalue weighted by atomic mass is 32.2. The Bertz CT molecular complexity index is 997. The summed E-state index contributed by atoms with van der Waals surface area (Å²) in [6, 6.07) is 3.93. The molecular formula is C18H24N4O5S2. The predicted octanol–water partition coefficient (Wildman–Crippen LogP) is 1.71. The van der Waals surface area contributed by atoms with E-state index >= 15 is 0 Å². The number of amides is 1. The quantitative estimate of drug-likeness (QED) is 0.670. The Hall–Kier alpha value is -2.11. The molecule has 1 atom stereocenters. The molecule has 11 heteroatoms. The molecule has 1 aromatic heterocycles. The molecule has 0 aliphatic carbocycles. The lowest BCUT2D eigenvalue weighted by Crippen LogP contribution is -2.47. The van der Waals surface area contributed by atoms with Crippen molar-refractivity contribution >= 4 is 44.7 Å². The summed E-state index contributed by atoms with van der Waals surface area (Å²) in [6.07, 6.45) is 1.02. The zero-order valence-electron chi connectivity index (χ0n) is 16.2. The Labute approximate surface area is 173 Å². The van der Waals surface area contributed by atoms with Crippen LogP contribution in [0.15, 0.2) is 23.1 Å². The molecule has 29 heavy (non-hydrogen) atoms. The summed E-state index contributed by atoms with van der Waals surface area (Å²) in [5.74, 6) is -1.67. The Morgan fingerprint density at radius 2 is 1.97 bits per heavy atom. The van der Waals surface area contributed by atoms with Gasteiger partial charge in [-0.15, -0.1) is 0 Å². The molecule has 1 saturated heterocycles. The van der Waals surface area contributed by atoms with Crippen LogP contribution in [0, 0.1) is 11.8 Å². The summed E-state index contributed by atoms with van der Waals surface area (Å²) in [5, 5.41) is 11.9. The molecular weight excluding hydrogens is 416 g/mol. The lowest BCUT2D eigenvalue weighted by Gasteiger charge is -2.31. The van der Waals surface area contributed by atoms with Gasteiger partial charge in [-0.05, 0) is 37.3 Å². The average Bonchev–Trinajstić information content (AvgIpc) is 3.15. The highest BCUT2D eigenvalue weighted by molar-refractivity contribution is 7.89. The van der Waals surface area contributed by atoms with Crippen molar-refractivity contribution in [1.29, 1.82) is 0 Å². The first-order chi connectivity index (χ1) is 13.7. The maximum atomic E-state index is 13.0. The van der Waals surface area contributed by atoms with Gasteiger partial charge in [0.2, 0.25) is 15.9 Å². The molecule has 0 radical (unpaired) electrons. The van der Waals surface area contributed by atoms with E-state index in [2.05, 4.69) is 14.1 Å². The normalized spacial score (nSPS) is 17.5. The van der Waals surface area contributed by atoms with Crippen molar-refractivity contribution < 1.29 is 23.1 Å². The number of aromatic nitrogens is 2. The summed E-state index contributed by atoms with van der Waals surface area (Å²) in [6.45, 7) is 4.17. The number of carboxylic acid groups (broad SMARTS) is 1.